The molecule has 0 aliphatic heterocycles. The van der Waals surface area contributed by atoms with Crippen molar-refractivity contribution in [1.29, 1.82) is 0 Å². The van der Waals surface area contributed by atoms with Gasteiger partial charge in [-0.25, -0.2) is 4.79 Å². The predicted octanol–water partition coefficient (Wildman–Crippen LogP) is 1.47. The second-order valence-electron chi connectivity index (χ2n) is 2.33. The monoisotopic (exact) mass is 171 g/mol. The standard InChI is InChI=1S/C7H9NO2S/c1-4(8)6-2-5(3-11-6)7(9)10/h2-4H,8H2,1H3,(H,9,10)/t4-/m1/s1. The third-order valence-corrected chi connectivity index (χ3v) is 2.45. The van der Waals surface area contributed by atoms with Gasteiger partial charge in [0, 0.05) is 16.3 Å². The van der Waals surface area contributed by atoms with Crippen LogP contribution in [0.25, 0.3) is 0 Å². The first-order chi connectivity index (χ1) is 5.11. The van der Waals surface area contributed by atoms with Crippen LogP contribution in [-0.4, -0.2) is 11.1 Å². The number of thiophene rings is 1. The highest BCUT2D eigenvalue weighted by atomic mass is 32.1. The van der Waals surface area contributed by atoms with Gasteiger partial charge in [0.15, 0.2) is 0 Å². The molecule has 0 aliphatic rings. The van der Waals surface area contributed by atoms with Crippen molar-refractivity contribution in [1.82, 2.24) is 0 Å². The van der Waals surface area contributed by atoms with Crippen LogP contribution in [0.1, 0.15) is 28.2 Å². The van der Waals surface area contributed by atoms with Gasteiger partial charge in [0.2, 0.25) is 0 Å². The maximum atomic E-state index is 10.4. The average molecular weight is 171 g/mol. The van der Waals surface area contributed by atoms with E-state index in [4.69, 9.17) is 10.8 Å². The summed E-state index contributed by atoms with van der Waals surface area (Å²) in [5, 5.41) is 10.1. The quantitative estimate of drug-likeness (QED) is 0.708. The Bertz CT molecular complexity index is 267. The molecule has 1 aromatic heterocycles. The van der Waals surface area contributed by atoms with Crippen molar-refractivity contribution < 1.29 is 9.90 Å². The van der Waals surface area contributed by atoms with Gasteiger partial charge in [-0.05, 0) is 13.0 Å². The zero-order valence-corrected chi connectivity index (χ0v) is 6.89. The first-order valence-corrected chi connectivity index (χ1v) is 4.06. The molecule has 0 aliphatic carbocycles. The Balaban J connectivity index is 2.90. The second kappa shape index (κ2) is 3.02. The number of carboxylic acid groups (broad SMARTS) is 1. The zero-order chi connectivity index (χ0) is 8.43. The Morgan fingerprint density at radius 2 is 2.45 bits per heavy atom. The van der Waals surface area contributed by atoms with E-state index in [-0.39, 0.29) is 6.04 Å². The molecule has 11 heavy (non-hydrogen) atoms. The van der Waals surface area contributed by atoms with Crippen molar-refractivity contribution in [2.75, 3.05) is 0 Å². The first kappa shape index (κ1) is 8.23. The molecular weight excluding hydrogens is 162 g/mol. The van der Waals surface area contributed by atoms with E-state index in [0.717, 1.165) is 4.88 Å². The van der Waals surface area contributed by atoms with Gasteiger partial charge in [0.1, 0.15) is 0 Å². The predicted molar refractivity (Wildman–Crippen MR) is 43.9 cm³/mol. The molecule has 0 fully saturated rings. The molecular formula is C7H9NO2S. The topological polar surface area (TPSA) is 63.3 Å². The number of nitrogens with two attached hydrogens (primary N) is 1. The molecule has 0 radical (unpaired) electrons. The van der Waals surface area contributed by atoms with Gasteiger partial charge in [-0.15, -0.1) is 11.3 Å². The van der Waals surface area contributed by atoms with Gasteiger partial charge in [-0.3, -0.25) is 0 Å². The van der Waals surface area contributed by atoms with Crippen LogP contribution in [0.4, 0.5) is 0 Å². The molecule has 1 heterocycles. The minimum atomic E-state index is -0.895. The molecule has 0 saturated heterocycles. The maximum absolute atomic E-state index is 10.4. The highest BCUT2D eigenvalue weighted by Gasteiger charge is 2.08. The molecule has 3 N–H and O–H groups in total. The Labute approximate surface area is 68.5 Å². The number of aromatic carboxylic acids is 1. The van der Waals surface area contributed by atoms with Gasteiger partial charge < -0.3 is 10.8 Å². The lowest BCUT2D eigenvalue weighted by atomic mass is 10.2. The van der Waals surface area contributed by atoms with Gasteiger partial charge in [0.25, 0.3) is 0 Å². The molecule has 1 rings (SSSR count). The zero-order valence-electron chi connectivity index (χ0n) is 6.07. The fraction of sp³-hybridized carbons (Fsp3) is 0.286. The van der Waals surface area contributed by atoms with Crippen LogP contribution in [0.2, 0.25) is 0 Å². The lowest BCUT2D eigenvalue weighted by Gasteiger charge is -1.96. The summed E-state index contributed by atoms with van der Waals surface area (Å²) in [6, 6.07) is 1.53. The molecule has 1 atom stereocenters. The highest BCUT2D eigenvalue weighted by Crippen LogP contribution is 2.19. The van der Waals surface area contributed by atoms with Crippen LogP contribution >= 0.6 is 11.3 Å². The Kier molecular flexibility index (Phi) is 2.26. The summed E-state index contributed by atoms with van der Waals surface area (Å²) in [6.45, 7) is 1.83. The van der Waals surface area contributed by atoms with Crippen molar-refractivity contribution in [2.45, 2.75) is 13.0 Å². The molecule has 0 bridgehead atoms. The van der Waals surface area contributed by atoms with Crippen LogP contribution in [0.3, 0.4) is 0 Å². The summed E-state index contributed by atoms with van der Waals surface area (Å²) in [5.41, 5.74) is 5.87. The normalized spacial score (nSPS) is 12.9. The van der Waals surface area contributed by atoms with Crippen LogP contribution < -0.4 is 5.73 Å². The van der Waals surface area contributed by atoms with Crippen molar-refractivity contribution in [3.05, 3.63) is 21.9 Å². The van der Waals surface area contributed by atoms with Gasteiger partial charge in [0.05, 0.1) is 5.56 Å². The SMILES string of the molecule is C[C@@H](N)c1cc(C(=O)O)cs1. The second-order valence-corrected chi connectivity index (χ2v) is 3.27. The van der Waals surface area contributed by atoms with Crippen LogP contribution in [0.15, 0.2) is 11.4 Å². The largest absolute Gasteiger partial charge is 0.478 e. The molecule has 0 spiro atoms. The summed E-state index contributed by atoms with van der Waals surface area (Å²) in [6.07, 6.45) is 0. The Hall–Kier alpha value is -0.870. The summed E-state index contributed by atoms with van der Waals surface area (Å²) in [7, 11) is 0. The highest BCUT2D eigenvalue weighted by molar-refractivity contribution is 7.10. The number of carbonyl (C=O) groups is 1. The van der Waals surface area contributed by atoms with Crippen LogP contribution in [0.5, 0.6) is 0 Å². The summed E-state index contributed by atoms with van der Waals surface area (Å²) < 4.78 is 0. The van der Waals surface area contributed by atoms with E-state index >= 15 is 0 Å². The number of hydrogen-bond donors (Lipinski definition) is 2. The van der Waals surface area contributed by atoms with Gasteiger partial charge >= 0.3 is 5.97 Å². The van der Waals surface area contributed by atoms with E-state index < -0.39 is 5.97 Å². The minimum absolute atomic E-state index is 0.0758. The summed E-state index contributed by atoms with van der Waals surface area (Å²) in [5.74, 6) is -0.895. The maximum Gasteiger partial charge on any atom is 0.336 e. The Morgan fingerprint density at radius 1 is 1.82 bits per heavy atom. The van der Waals surface area contributed by atoms with E-state index in [1.807, 2.05) is 6.92 Å². The fourth-order valence-corrected chi connectivity index (χ4v) is 1.55. The van der Waals surface area contributed by atoms with E-state index in [1.54, 1.807) is 11.4 Å². The van der Waals surface area contributed by atoms with Crippen molar-refractivity contribution in [3.8, 4) is 0 Å². The third-order valence-electron chi connectivity index (χ3n) is 1.32. The number of rotatable bonds is 2. The van der Waals surface area contributed by atoms with Crippen molar-refractivity contribution in [3.63, 3.8) is 0 Å². The summed E-state index contributed by atoms with van der Waals surface area (Å²) in [4.78, 5) is 11.3. The smallest absolute Gasteiger partial charge is 0.336 e. The van der Waals surface area contributed by atoms with Crippen LogP contribution in [0, 0.1) is 0 Å². The van der Waals surface area contributed by atoms with Gasteiger partial charge in [-0.2, -0.15) is 0 Å². The lowest BCUT2D eigenvalue weighted by molar-refractivity contribution is 0.0697. The van der Waals surface area contributed by atoms with E-state index in [9.17, 15) is 4.79 Å². The number of hydrogen-bond acceptors (Lipinski definition) is 3. The van der Waals surface area contributed by atoms with Crippen molar-refractivity contribution in [2.24, 2.45) is 5.73 Å². The molecule has 4 heteroatoms. The minimum Gasteiger partial charge on any atom is -0.478 e. The molecule has 1 aromatic rings. The molecule has 0 aromatic carbocycles. The lowest BCUT2D eigenvalue weighted by Crippen LogP contribution is -2.02. The van der Waals surface area contributed by atoms with E-state index in [2.05, 4.69) is 0 Å². The molecule has 0 amide bonds. The molecule has 60 valence electrons. The summed E-state index contributed by atoms with van der Waals surface area (Å²) >= 11 is 1.38. The van der Waals surface area contributed by atoms with Crippen LogP contribution in [-0.2, 0) is 0 Å². The average Bonchev–Trinajstić information content (AvgIpc) is 2.33. The fourth-order valence-electron chi connectivity index (χ4n) is 0.704. The Morgan fingerprint density at radius 3 is 2.73 bits per heavy atom. The first-order valence-electron chi connectivity index (χ1n) is 3.18. The third kappa shape index (κ3) is 1.78. The number of carboxylic acids is 1. The van der Waals surface area contributed by atoms with Crippen molar-refractivity contribution >= 4 is 17.3 Å². The molecule has 0 saturated carbocycles. The molecule has 0 unspecified atom stereocenters. The van der Waals surface area contributed by atoms with E-state index in [1.165, 1.54) is 11.3 Å². The van der Waals surface area contributed by atoms with Gasteiger partial charge in [-0.1, -0.05) is 0 Å². The van der Waals surface area contributed by atoms with E-state index in [0.29, 0.717) is 5.56 Å². The molecule has 3 nitrogen and oxygen atoms in total.